The highest BCUT2D eigenvalue weighted by molar-refractivity contribution is 5.63. The maximum absolute atomic E-state index is 11.0. The summed E-state index contributed by atoms with van der Waals surface area (Å²) < 4.78 is 9.63. The summed E-state index contributed by atoms with van der Waals surface area (Å²) in [6.45, 7) is 0.923. The van der Waals surface area contributed by atoms with Crippen molar-refractivity contribution in [2.75, 3.05) is 20.2 Å². The number of ether oxygens (including phenoxy) is 2. The molecule has 0 fully saturated rings. The van der Waals surface area contributed by atoms with Crippen molar-refractivity contribution in [3.63, 3.8) is 0 Å². The molecule has 0 radical (unpaired) electrons. The molecule has 0 spiro atoms. The molecule has 14 heavy (non-hydrogen) atoms. The predicted molar refractivity (Wildman–Crippen MR) is 52.3 cm³/mol. The van der Waals surface area contributed by atoms with Crippen LogP contribution in [0.3, 0.4) is 0 Å². The van der Waals surface area contributed by atoms with Crippen LogP contribution in [-0.4, -0.2) is 26.4 Å². The highest BCUT2D eigenvalue weighted by atomic mass is 16.7. The van der Waals surface area contributed by atoms with E-state index in [1.54, 1.807) is 31.3 Å². The number of carbonyl (C=O) groups is 1. The number of benzene rings is 1. The van der Waals surface area contributed by atoms with Crippen LogP contribution in [0.5, 0.6) is 5.75 Å². The number of likely N-dealkylation sites (N-methyl/N-ethyl adjacent to an activating group) is 1. The molecule has 0 aromatic heterocycles. The van der Waals surface area contributed by atoms with Gasteiger partial charge < -0.3 is 14.8 Å². The third-order valence-electron chi connectivity index (χ3n) is 1.52. The van der Waals surface area contributed by atoms with Gasteiger partial charge in [0.1, 0.15) is 12.4 Å². The Balaban J connectivity index is 2.27. The van der Waals surface area contributed by atoms with E-state index in [2.05, 4.69) is 5.32 Å². The molecule has 0 aliphatic rings. The zero-order chi connectivity index (χ0) is 10.2. The molecular weight excluding hydrogens is 182 g/mol. The van der Waals surface area contributed by atoms with Gasteiger partial charge in [-0.25, -0.2) is 4.79 Å². The van der Waals surface area contributed by atoms with Crippen LogP contribution in [0.25, 0.3) is 0 Å². The number of hydrogen-bond acceptors (Lipinski definition) is 4. The Morgan fingerprint density at radius 2 is 2.07 bits per heavy atom. The van der Waals surface area contributed by atoms with E-state index >= 15 is 0 Å². The lowest BCUT2D eigenvalue weighted by Crippen LogP contribution is -2.19. The second-order valence-corrected chi connectivity index (χ2v) is 2.62. The number of carbonyl (C=O) groups excluding carboxylic acids is 1. The maximum Gasteiger partial charge on any atom is 0.513 e. The number of para-hydroxylation sites is 1. The third kappa shape index (κ3) is 3.91. The summed E-state index contributed by atoms with van der Waals surface area (Å²) in [6.07, 6.45) is -0.675. The Morgan fingerprint density at radius 3 is 2.71 bits per heavy atom. The van der Waals surface area contributed by atoms with Crippen LogP contribution in [0.2, 0.25) is 0 Å². The zero-order valence-electron chi connectivity index (χ0n) is 8.03. The van der Waals surface area contributed by atoms with Crippen molar-refractivity contribution < 1.29 is 14.3 Å². The molecular formula is C10H13NO3. The Morgan fingerprint density at radius 1 is 1.36 bits per heavy atom. The SMILES string of the molecule is CNCCOC(=O)Oc1ccccc1. The van der Waals surface area contributed by atoms with Crippen molar-refractivity contribution in [1.29, 1.82) is 0 Å². The van der Waals surface area contributed by atoms with E-state index in [0.29, 0.717) is 18.9 Å². The van der Waals surface area contributed by atoms with Crippen LogP contribution in [0.1, 0.15) is 0 Å². The number of hydrogen-bond donors (Lipinski definition) is 1. The summed E-state index contributed by atoms with van der Waals surface area (Å²) in [4.78, 5) is 11.0. The second-order valence-electron chi connectivity index (χ2n) is 2.62. The van der Waals surface area contributed by atoms with Gasteiger partial charge in [-0.15, -0.1) is 0 Å². The molecule has 0 bridgehead atoms. The Labute approximate surface area is 82.8 Å². The van der Waals surface area contributed by atoms with Gasteiger partial charge in [-0.1, -0.05) is 18.2 Å². The molecule has 0 heterocycles. The fraction of sp³-hybridized carbons (Fsp3) is 0.300. The largest absolute Gasteiger partial charge is 0.513 e. The molecule has 1 rings (SSSR count). The standard InChI is InChI=1S/C10H13NO3/c1-11-7-8-13-10(12)14-9-5-3-2-4-6-9/h2-6,11H,7-8H2,1H3. The van der Waals surface area contributed by atoms with Crippen LogP contribution < -0.4 is 10.1 Å². The first-order chi connectivity index (χ1) is 6.83. The normalized spacial score (nSPS) is 9.50. The molecule has 1 aromatic carbocycles. The van der Waals surface area contributed by atoms with Crippen molar-refractivity contribution in [3.05, 3.63) is 30.3 Å². The van der Waals surface area contributed by atoms with E-state index in [1.165, 1.54) is 0 Å². The van der Waals surface area contributed by atoms with Gasteiger partial charge in [0.25, 0.3) is 0 Å². The lowest BCUT2D eigenvalue weighted by atomic mass is 10.3. The van der Waals surface area contributed by atoms with Gasteiger partial charge in [-0.05, 0) is 19.2 Å². The molecule has 0 aliphatic heterocycles. The predicted octanol–water partition coefficient (Wildman–Crippen LogP) is 1.42. The summed E-state index contributed by atoms with van der Waals surface area (Å²) in [7, 11) is 1.78. The van der Waals surface area contributed by atoms with Crippen molar-refractivity contribution in [3.8, 4) is 5.75 Å². The summed E-state index contributed by atoms with van der Waals surface area (Å²) in [5.41, 5.74) is 0. The smallest absolute Gasteiger partial charge is 0.433 e. The zero-order valence-corrected chi connectivity index (χ0v) is 8.03. The van der Waals surface area contributed by atoms with Gasteiger partial charge >= 0.3 is 6.16 Å². The van der Waals surface area contributed by atoms with Gasteiger partial charge in [-0.3, -0.25) is 0 Å². The Bertz CT molecular complexity index is 274. The quantitative estimate of drug-likeness (QED) is 0.448. The van der Waals surface area contributed by atoms with E-state index in [0.717, 1.165) is 0 Å². The van der Waals surface area contributed by atoms with Crippen LogP contribution in [0, 0.1) is 0 Å². The summed E-state index contributed by atoms with van der Waals surface area (Å²) >= 11 is 0. The van der Waals surface area contributed by atoms with Crippen molar-refractivity contribution >= 4 is 6.16 Å². The van der Waals surface area contributed by atoms with E-state index in [4.69, 9.17) is 9.47 Å². The Hall–Kier alpha value is -1.55. The van der Waals surface area contributed by atoms with Crippen LogP contribution in [0.15, 0.2) is 30.3 Å². The van der Waals surface area contributed by atoms with E-state index in [1.807, 2.05) is 6.07 Å². The summed E-state index contributed by atoms with van der Waals surface area (Å²) in [5, 5.41) is 2.85. The van der Waals surface area contributed by atoms with Gasteiger partial charge in [0.2, 0.25) is 0 Å². The van der Waals surface area contributed by atoms with E-state index < -0.39 is 6.16 Å². The number of nitrogens with one attached hydrogen (secondary N) is 1. The van der Waals surface area contributed by atoms with Crippen molar-refractivity contribution in [2.24, 2.45) is 0 Å². The van der Waals surface area contributed by atoms with Crippen LogP contribution >= 0.6 is 0 Å². The molecule has 1 aromatic rings. The van der Waals surface area contributed by atoms with Gasteiger partial charge in [0.15, 0.2) is 0 Å². The van der Waals surface area contributed by atoms with E-state index in [9.17, 15) is 4.79 Å². The molecule has 4 nitrogen and oxygen atoms in total. The third-order valence-corrected chi connectivity index (χ3v) is 1.52. The second kappa shape index (κ2) is 5.99. The topological polar surface area (TPSA) is 47.6 Å². The molecule has 0 saturated carbocycles. The fourth-order valence-electron chi connectivity index (χ4n) is 0.851. The van der Waals surface area contributed by atoms with Gasteiger partial charge in [0.05, 0.1) is 0 Å². The maximum atomic E-state index is 11.0. The first-order valence-electron chi connectivity index (χ1n) is 4.37. The molecule has 0 amide bonds. The minimum absolute atomic E-state index is 0.308. The molecule has 0 unspecified atom stereocenters. The lowest BCUT2D eigenvalue weighted by Gasteiger charge is -2.04. The highest BCUT2D eigenvalue weighted by Crippen LogP contribution is 2.08. The highest BCUT2D eigenvalue weighted by Gasteiger charge is 2.03. The molecule has 0 atom stereocenters. The minimum atomic E-state index is -0.675. The average molecular weight is 195 g/mol. The van der Waals surface area contributed by atoms with E-state index in [-0.39, 0.29) is 0 Å². The minimum Gasteiger partial charge on any atom is -0.433 e. The first kappa shape index (κ1) is 10.5. The molecule has 4 heteroatoms. The molecule has 0 saturated heterocycles. The van der Waals surface area contributed by atoms with Crippen LogP contribution in [0.4, 0.5) is 4.79 Å². The monoisotopic (exact) mass is 195 g/mol. The van der Waals surface area contributed by atoms with Gasteiger partial charge in [0, 0.05) is 6.54 Å². The average Bonchev–Trinajstić information content (AvgIpc) is 2.20. The van der Waals surface area contributed by atoms with Crippen LogP contribution in [-0.2, 0) is 4.74 Å². The van der Waals surface area contributed by atoms with Gasteiger partial charge in [-0.2, -0.15) is 0 Å². The first-order valence-corrected chi connectivity index (χ1v) is 4.37. The summed E-state index contributed by atoms with van der Waals surface area (Å²) in [6, 6.07) is 8.81. The fourth-order valence-corrected chi connectivity index (χ4v) is 0.851. The molecule has 0 aliphatic carbocycles. The molecule has 76 valence electrons. The lowest BCUT2D eigenvalue weighted by molar-refractivity contribution is 0.100. The Kier molecular flexibility index (Phi) is 4.50. The molecule has 1 N–H and O–H groups in total. The van der Waals surface area contributed by atoms with Crippen molar-refractivity contribution in [1.82, 2.24) is 5.32 Å². The number of rotatable bonds is 4. The van der Waals surface area contributed by atoms with Crippen molar-refractivity contribution in [2.45, 2.75) is 0 Å². The summed E-state index contributed by atoms with van der Waals surface area (Å²) in [5.74, 6) is 0.488.